The lowest BCUT2D eigenvalue weighted by Gasteiger charge is -2.39. The molecule has 1 aliphatic heterocycles. The summed E-state index contributed by atoms with van der Waals surface area (Å²) in [6.45, 7) is 5.50. The predicted molar refractivity (Wildman–Crippen MR) is 129 cm³/mol. The lowest BCUT2D eigenvalue weighted by atomic mass is 9.70. The maximum Gasteiger partial charge on any atom is 0.242 e. The molecule has 0 amide bonds. The standard InChI is InChI=1S/C27H24BrNO2/c1-26(2,31)16-27(3)21-12-8-7-11-19(21)24-23(17-9-5-4-6-10-17)20-15-18(28)13-14-22(20)29(24)25(27)30/h4-15,31H,16H2,1-3H3/t27-/m1/s1. The Kier molecular flexibility index (Phi) is 4.51. The summed E-state index contributed by atoms with van der Waals surface area (Å²) in [6.07, 6.45) is 0.339. The van der Waals surface area contributed by atoms with Gasteiger partial charge in [-0.15, -0.1) is 0 Å². The fourth-order valence-electron chi connectivity index (χ4n) is 5.20. The molecule has 1 atom stereocenters. The molecule has 0 saturated carbocycles. The first kappa shape index (κ1) is 20.2. The van der Waals surface area contributed by atoms with E-state index in [1.165, 1.54) is 0 Å². The van der Waals surface area contributed by atoms with Crippen molar-refractivity contribution in [3.63, 3.8) is 0 Å². The zero-order valence-electron chi connectivity index (χ0n) is 17.8. The molecule has 0 bridgehead atoms. The van der Waals surface area contributed by atoms with Crippen LogP contribution in [0.25, 0.3) is 33.3 Å². The summed E-state index contributed by atoms with van der Waals surface area (Å²) in [4.78, 5) is 14.2. The SMILES string of the molecule is CC(C)(O)C[C@@]1(C)C(=O)n2c(c(-c3ccccc3)c3cc(Br)ccc32)-c2ccccc21. The number of carbonyl (C=O) groups excluding carboxylic acids is 1. The summed E-state index contributed by atoms with van der Waals surface area (Å²) in [7, 11) is 0. The number of aliphatic hydroxyl groups is 1. The summed E-state index contributed by atoms with van der Waals surface area (Å²) in [6, 6.07) is 24.4. The van der Waals surface area contributed by atoms with Crippen LogP contribution in [0.5, 0.6) is 0 Å². The van der Waals surface area contributed by atoms with Crippen molar-refractivity contribution in [2.75, 3.05) is 0 Å². The van der Waals surface area contributed by atoms with Crippen LogP contribution in [-0.2, 0) is 5.41 Å². The van der Waals surface area contributed by atoms with Gasteiger partial charge in [0.25, 0.3) is 0 Å². The van der Waals surface area contributed by atoms with Gasteiger partial charge in [-0.1, -0.05) is 70.5 Å². The molecule has 3 aromatic carbocycles. The molecule has 1 N–H and O–H groups in total. The fourth-order valence-corrected chi connectivity index (χ4v) is 5.56. The van der Waals surface area contributed by atoms with Gasteiger partial charge in [0.1, 0.15) is 0 Å². The van der Waals surface area contributed by atoms with Gasteiger partial charge in [0.2, 0.25) is 5.91 Å². The van der Waals surface area contributed by atoms with E-state index in [9.17, 15) is 9.90 Å². The van der Waals surface area contributed by atoms with Crippen molar-refractivity contribution in [1.29, 1.82) is 0 Å². The van der Waals surface area contributed by atoms with Crippen LogP contribution in [-0.4, -0.2) is 21.2 Å². The maximum absolute atomic E-state index is 14.2. The van der Waals surface area contributed by atoms with Gasteiger partial charge in [0, 0.05) is 21.0 Å². The van der Waals surface area contributed by atoms with Crippen LogP contribution >= 0.6 is 15.9 Å². The number of halogens is 1. The molecule has 2 heterocycles. The van der Waals surface area contributed by atoms with Crippen molar-refractivity contribution in [3.05, 3.63) is 82.8 Å². The maximum atomic E-state index is 14.2. The molecule has 156 valence electrons. The molecule has 0 fully saturated rings. The molecule has 5 rings (SSSR count). The van der Waals surface area contributed by atoms with Crippen LogP contribution < -0.4 is 0 Å². The monoisotopic (exact) mass is 473 g/mol. The van der Waals surface area contributed by atoms with Crippen LogP contribution in [0.3, 0.4) is 0 Å². The van der Waals surface area contributed by atoms with E-state index in [1.54, 1.807) is 13.8 Å². The highest BCUT2D eigenvalue weighted by Crippen LogP contribution is 2.50. The van der Waals surface area contributed by atoms with Gasteiger partial charge >= 0.3 is 0 Å². The minimum absolute atomic E-state index is 0.00201. The molecule has 1 aromatic heterocycles. The van der Waals surface area contributed by atoms with Crippen molar-refractivity contribution in [2.24, 2.45) is 0 Å². The quantitative estimate of drug-likeness (QED) is 0.355. The molecule has 0 aliphatic carbocycles. The number of fused-ring (bicyclic) bond motifs is 5. The van der Waals surface area contributed by atoms with E-state index < -0.39 is 11.0 Å². The van der Waals surface area contributed by atoms with Gasteiger partial charge in [0.05, 0.1) is 22.2 Å². The molecular formula is C27H24BrNO2. The third kappa shape index (κ3) is 3.08. The van der Waals surface area contributed by atoms with E-state index in [2.05, 4.69) is 40.2 Å². The molecule has 4 aromatic rings. The molecule has 0 spiro atoms. The number of benzene rings is 3. The topological polar surface area (TPSA) is 42.2 Å². The summed E-state index contributed by atoms with van der Waals surface area (Å²) in [5.41, 5.74) is 4.13. The van der Waals surface area contributed by atoms with Crippen LogP contribution in [0.4, 0.5) is 0 Å². The molecule has 0 radical (unpaired) electrons. The molecule has 0 saturated heterocycles. The van der Waals surface area contributed by atoms with Crippen molar-refractivity contribution in [2.45, 2.75) is 38.2 Å². The first-order valence-corrected chi connectivity index (χ1v) is 11.3. The zero-order valence-corrected chi connectivity index (χ0v) is 19.4. The van der Waals surface area contributed by atoms with E-state index in [0.717, 1.165) is 43.3 Å². The van der Waals surface area contributed by atoms with Crippen LogP contribution in [0.15, 0.2) is 77.3 Å². The molecule has 0 unspecified atom stereocenters. The van der Waals surface area contributed by atoms with E-state index >= 15 is 0 Å². The number of aromatic nitrogens is 1. The first-order chi connectivity index (χ1) is 14.7. The lowest BCUT2D eigenvalue weighted by molar-refractivity contribution is 0.0378. The molecular weight excluding hydrogens is 450 g/mol. The van der Waals surface area contributed by atoms with E-state index in [4.69, 9.17) is 0 Å². The smallest absolute Gasteiger partial charge is 0.242 e. The Hall–Kier alpha value is -2.69. The largest absolute Gasteiger partial charge is 0.390 e. The lowest BCUT2D eigenvalue weighted by Crippen LogP contribution is -2.45. The normalized spacial score (nSPS) is 18.2. The Balaban J connectivity index is 1.94. The number of carbonyl (C=O) groups is 1. The Morgan fingerprint density at radius 1 is 1.00 bits per heavy atom. The third-order valence-electron chi connectivity index (χ3n) is 6.23. The summed E-state index contributed by atoms with van der Waals surface area (Å²) in [5, 5.41) is 11.7. The predicted octanol–water partition coefficient (Wildman–Crippen LogP) is 6.81. The van der Waals surface area contributed by atoms with E-state index in [0.29, 0.717) is 6.42 Å². The highest BCUT2D eigenvalue weighted by Gasteiger charge is 2.47. The molecule has 31 heavy (non-hydrogen) atoms. The summed E-state index contributed by atoms with van der Waals surface area (Å²) < 4.78 is 2.85. The Labute approximate surface area is 190 Å². The van der Waals surface area contributed by atoms with Gasteiger partial charge < -0.3 is 5.11 Å². The second kappa shape index (κ2) is 6.91. The van der Waals surface area contributed by atoms with Crippen LogP contribution in [0.1, 0.15) is 37.6 Å². The van der Waals surface area contributed by atoms with E-state index in [-0.39, 0.29) is 5.91 Å². The summed E-state index contributed by atoms with van der Waals surface area (Å²) in [5.74, 6) is -0.00201. The van der Waals surface area contributed by atoms with Crippen molar-refractivity contribution in [1.82, 2.24) is 4.57 Å². The van der Waals surface area contributed by atoms with Gasteiger partial charge in [0.15, 0.2) is 0 Å². The fraction of sp³-hybridized carbons (Fsp3) is 0.222. The minimum Gasteiger partial charge on any atom is -0.390 e. The van der Waals surface area contributed by atoms with Gasteiger partial charge in [-0.2, -0.15) is 0 Å². The van der Waals surface area contributed by atoms with Crippen LogP contribution in [0.2, 0.25) is 0 Å². The van der Waals surface area contributed by atoms with Gasteiger partial charge in [-0.3, -0.25) is 9.36 Å². The number of hydrogen-bond donors (Lipinski definition) is 1. The first-order valence-electron chi connectivity index (χ1n) is 10.5. The van der Waals surface area contributed by atoms with E-state index in [1.807, 2.05) is 60.0 Å². The Morgan fingerprint density at radius 2 is 1.68 bits per heavy atom. The highest BCUT2D eigenvalue weighted by molar-refractivity contribution is 9.10. The average molecular weight is 474 g/mol. The van der Waals surface area contributed by atoms with Crippen molar-refractivity contribution >= 4 is 32.7 Å². The second-order valence-electron chi connectivity index (χ2n) is 9.26. The third-order valence-corrected chi connectivity index (χ3v) is 6.72. The highest BCUT2D eigenvalue weighted by atomic mass is 79.9. The second-order valence-corrected chi connectivity index (χ2v) is 10.2. The molecule has 3 nitrogen and oxygen atoms in total. The number of rotatable bonds is 3. The number of nitrogens with zero attached hydrogens (tertiary/aromatic N) is 1. The summed E-state index contributed by atoms with van der Waals surface area (Å²) >= 11 is 3.61. The molecule has 1 aliphatic rings. The Morgan fingerprint density at radius 3 is 2.39 bits per heavy atom. The van der Waals surface area contributed by atoms with Gasteiger partial charge in [-0.25, -0.2) is 0 Å². The van der Waals surface area contributed by atoms with Crippen molar-refractivity contribution < 1.29 is 9.90 Å². The van der Waals surface area contributed by atoms with Crippen LogP contribution in [0, 0.1) is 0 Å². The van der Waals surface area contributed by atoms with Crippen molar-refractivity contribution in [3.8, 4) is 22.4 Å². The average Bonchev–Trinajstić information content (AvgIpc) is 3.06. The minimum atomic E-state index is -0.983. The Bertz CT molecular complexity index is 1330. The molecule has 4 heteroatoms. The zero-order chi connectivity index (χ0) is 22.0. The van der Waals surface area contributed by atoms with Gasteiger partial charge in [-0.05, 0) is 56.5 Å². The number of hydrogen-bond acceptors (Lipinski definition) is 2.